The predicted octanol–water partition coefficient (Wildman–Crippen LogP) is 4.95. The van der Waals surface area contributed by atoms with Gasteiger partial charge in [0.05, 0.1) is 0 Å². The summed E-state index contributed by atoms with van der Waals surface area (Å²) in [7, 11) is 0. The first-order chi connectivity index (χ1) is 6.02. The van der Waals surface area contributed by atoms with Crippen LogP contribution in [0.5, 0.6) is 0 Å². The van der Waals surface area contributed by atoms with Crippen molar-refractivity contribution in [1.29, 1.82) is 0 Å². The van der Waals surface area contributed by atoms with E-state index in [9.17, 15) is 0 Å². The van der Waals surface area contributed by atoms with E-state index in [4.69, 9.17) is 0 Å². The molecule has 0 heteroatoms. The molecule has 78 valence electrons. The summed E-state index contributed by atoms with van der Waals surface area (Å²) in [6.07, 6.45) is 7.63. The van der Waals surface area contributed by atoms with E-state index in [1.165, 1.54) is 44.1 Å². The van der Waals surface area contributed by atoms with E-state index in [-0.39, 0.29) is 0 Å². The van der Waals surface area contributed by atoms with Crippen molar-refractivity contribution < 1.29 is 0 Å². The Morgan fingerprint density at radius 3 is 2.23 bits per heavy atom. The summed E-state index contributed by atoms with van der Waals surface area (Å²) < 4.78 is 0. The van der Waals surface area contributed by atoms with Gasteiger partial charge in [-0.15, -0.1) is 0 Å². The lowest BCUT2D eigenvalue weighted by molar-refractivity contribution is 0.324. The molecule has 13 heavy (non-hydrogen) atoms. The molecule has 0 unspecified atom stereocenters. The second-order valence-electron chi connectivity index (χ2n) is 4.94. The third kappa shape index (κ3) is 6.86. The summed E-state index contributed by atoms with van der Waals surface area (Å²) >= 11 is 0. The highest BCUT2D eigenvalue weighted by Gasteiger charge is 2.17. The van der Waals surface area contributed by atoms with E-state index >= 15 is 0 Å². The fourth-order valence-electron chi connectivity index (χ4n) is 1.96. The molecule has 0 fully saturated rings. The van der Waals surface area contributed by atoms with Crippen LogP contribution in [0.1, 0.15) is 66.2 Å². The molecular formula is C13H26. The highest BCUT2D eigenvalue weighted by atomic mass is 14.2. The summed E-state index contributed by atoms with van der Waals surface area (Å²) in [5, 5.41) is 0. The van der Waals surface area contributed by atoms with Crippen molar-refractivity contribution >= 4 is 0 Å². The Balaban J connectivity index is 3.75. The maximum atomic E-state index is 4.16. The Morgan fingerprint density at radius 2 is 1.77 bits per heavy atom. The van der Waals surface area contributed by atoms with Gasteiger partial charge in [0.2, 0.25) is 0 Å². The lowest BCUT2D eigenvalue weighted by Gasteiger charge is -2.25. The standard InChI is InChI=1S/C13H26/c1-6-8-9-12(3)11-13(4,5)10-7-2/h3,6-11H2,1-2,4-5H3. The van der Waals surface area contributed by atoms with Crippen molar-refractivity contribution in [3.63, 3.8) is 0 Å². The zero-order valence-corrected chi connectivity index (χ0v) is 9.95. The van der Waals surface area contributed by atoms with Crippen LogP contribution < -0.4 is 0 Å². The second kappa shape index (κ2) is 6.23. The van der Waals surface area contributed by atoms with E-state index in [1.807, 2.05) is 0 Å². The number of rotatable bonds is 7. The molecule has 0 heterocycles. The van der Waals surface area contributed by atoms with Crippen molar-refractivity contribution in [3.8, 4) is 0 Å². The Hall–Kier alpha value is -0.260. The normalized spacial score (nSPS) is 11.7. The topological polar surface area (TPSA) is 0 Å². The van der Waals surface area contributed by atoms with Gasteiger partial charge in [0.25, 0.3) is 0 Å². The third-order valence-electron chi connectivity index (χ3n) is 2.54. The van der Waals surface area contributed by atoms with Gasteiger partial charge in [0.15, 0.2) is 0 Å². The minimum absolute atomic E-state index is 0.472. The molecule has 0 rings (SSSR count). The Kier molecular flexibility index (Phi) is 6.11. The van der Waals surface area contributed by atoms with Gasteiger partial charge in [-0.3, -0.25) is 0 Å². The first-order valence-electron chi connectivity index (χ1n) is 5.68. The van der Waals surface area contributed by atoms with Crippen molar-refractivity contribution in [2.75, 3.05) is 0 Å². The summed E-state index contributed by atoms with van der Waals surface area (Å²) in [4.78, 5) is 0. The van der Waals surface area contributed by atoms with Gasteiger partial charge < -0.3 is 0 Å². The molecule has 0 amide bonds. The lowest BCUT2D eigenvalue weighted by atomic mass is 9.81. The van der Waals surface area contributed by atoms with Gasteiger partial charge in [-0.1, -0.05) is 52.7 Å². The summed E-state index contributed by atoms with van der Waals surface area (Å²) in [5.41, 5.74) is 1.92. The molecule has 0 aliphatic rings. The van der Waals surface area contributed by atoms with Gasteiger partial charge in [0.1, 0.15) is 0 Å². The molecule has 0 N–H and O–H groups in total. The Morgan fingerprint density at radius 1 is 1.15 bits per heavy atom. The molecule has 0 bridgehead atoms. The average molecular weight is 182 g/mol. The highest BCUT2D eigenvalue weighted by molar-refractivity contribution is 4.98. The van der Waals surface area contributed by atoms with Crippen LogP contribution in [0.3, 0.4) is 0 Å². The van der Waals surface area contributed by atoms with Gasteiger partial charge in [0, 0.05) is 0 Å². The largest absolute Gasteiger partial charge is 0.0998 e. The zero-order chi connectivity index (χ0) is 10.3. The van der Waals surface area contributed by atoms with E-state index in [2.05, 4.69) is 34.3 Å². The molecule has 0 aromatic heterocycles. The first-order valence-corrected chi connectivity index (χ1v) is 5.68. The minimum Gasteiger partial charge on any atom is -0.0998 e. The van der Waals surface area contributed by atoms with Crippen molar-refractivity contribution in [1.82, 2.24) is 0 Å². The molecule has 0 aromatic rings. The average Bonchev–Trinajstić information content (AvgIpc) is 1.99. The molecule has 0 aliphatic heterocycles. The SMILES string of the molecule is C=C(CCCC)CC(C)(C)CCC. The van der Waals surface area contributed by atoms with Crippen LogP contribution in [0.2, 0.25) is 0 Å². The van der Waals surface area contributed by atoms with Crippen molar-refractivity contribution in [2.45, 2.75) is 66.2 Å². The molecule has 0 nitrogen and oxygen atoms in total. The van der Waals surface area contributed by atoms with Gasteiger partial charge in [-0.2, -0.15) is 0 Å². The number of allylic oxidation sites excluding steroid dienone is 1. The molecule has 0 radical (unpaired) electrons. The first kappa shape index (κ1) is 12.7. The van der Waals surface area contributed by atoms with E-state index in [0.29, 0.717) is 5.41 Å². The number of hydrogen-bond donors (Lipinski definition) is 0. The fraction of sp³-hybridized carbons (Fsp3) is 0.846. The summed E-state index contributed by atoms with van der Waals surface area (Å²) in [6, 6.07) is 0. The Bertz CT molecular complexity index is 142. The fourth-order valence-corrected chi connectivity index (χ4v) is 1.96. The maximum Gasteiger partial charge on any atom is -0.0271 e. The maximum absolute atomic E-state index is 4.16. The smallest absolute Gasteiger partial charge is 0.0271 e. The van der Waals surface area contributed by atoms with Gasteiger partial charge in [-0.25, -0.2) is 0 Å². The van der Waals surface area contributed by atoms with Gasteiger partial charge >= 0.3 is 0 Å². The van der Waals surface area contributed by atoms with Crippen LogP contribution in [0.25, 0.3) is 0 Å². The molecule has 0 aromatic carbocycles. The number of hydrogen-bond acceptors (Lipinski definition) is 0. The summed E-state index contributed by atoms with van der Waals surface area (Å²) in [6.45, 7) is 13.4. The molecular weight excluding hydrogens is 156 g/mol. The van der Waals surface area contributed by atoms with Crippen molar-refractivity contribution in [2.24, 2.45) is 5.41 Å². The Labute approximate surface area is 84.4 Å². The van der Waals surface area contributed by atoms with E-state index < -0.39 is 0 Å². The van der Waals surface area contributed by atoms with Crippen LogP contribution in [0.4, 0.5) is 0 Å². The molecule has 0 atom stereocenters. The van der Waals surface area contributed by atoms with Crippen LogP contribution in [-0.4, -0.2) is 0 Å². The van der Waals surface area contributed by atoms with E-state index in [1.54, 1.807) is 0 Å². The highest BCUT2D eigenvalue weighted by Crippen LogP contribution is 2.31. The molecule has 0 saturated heterocycles. The summed E-state index contributed by atoms with van der Waals surface area (Å²) in [5.74, 6) is 0. The lowest BCUT2D eigenvalue weighted by Crippen LogP contribution is -2.11. The van der Waals surface area contributed by atoms with Crippen LogP contribution in [0, 0.1) is 5.41 Å². The molecule has 0 saturated carbocycles. The quantitative estimate of drug-likeness (QED) is 0.489. The van der Waals surface area contributed by atoms with Crippen LogP contribution >= 0.6 is 0 Å². The minimum atomic E-state index is 0.472. The third-order valence-corrected chi connectivity index (χ3v) is 2.54. The molecule has 0 aliphatic carbocycles. The van der Waals surface area contributed by atoms with Crippen LogP contribution in [-0.2, 0) is 0 Å². The van der Waals surface area contributed by atoms with Gasteiger partial charge in [-0.05, 0) is 31.1 Å². The predicted molar refractivity (Wildman–Crippen MR) is 62.0 cm³/mol. The molecule has 0 spiro atoms. The van der Waals surface area contributed by atoms with E-state index in [0.717, 1.165) is 0 Å². The number of unbranched alkanes of at least 4 members (excludes halogenated alkanes) is 1. The van der Waals surface area contributed by atoms with Crippen LogP contribution in [0.15, 0.2) is 12.2 Å². The zero-order valence-electron chi connectivity index (χ0n) is 9.95. The van der Waals surface area contributed by atoms with Crippen molar-refractivity contribution in [3.05, 3.63) is 12.2 Å². The second-order valence-corrected chi connectivity index (χ2v) is 4.94. The monoisotopic (exact) mass is 182 g/mol.